The van der Waals surface area contributed by atoms with Crippen molar-refractivity contribution in [2.75, 3.05) is 36.5 Å². The van der Waals surface area contributed by atoms with Gasteiger partial charge in [0.05, 0.1) is 36.2 Å². The first kappa shape index (κ1) is 24.1. The molecule has 5 rings (SSSR count). The summed E-state index contributed by atoms with van der Waals surface area (Å²) in [6.45, 7) is 2.68. The summed E-state index contributed by atoms with van der Waals surface area (Å²) in [4.78, 5) is 26.8. The van der Waals surface area contributed by atoms with E-state index in [1.54, 1.807) is 24.3 Å². The van der Waals surface area contributed by atoms with E-state index in [4.69, 9.17) is 16.3 Å². The fourth-order valence-corrected chi connectivity index (χ4v) is 4.31. The maximum absolute atomic E-state index is 13.6. The Balaban J connectivity index is 1.38. The maximum atomic E-state index is 13.6. The average Bonchev–Trinajstić information content (AvgIpc) is 3.29. The number of nitrogens with one attached hydrogen (secondary N) is 2. The summed E-state index contributed by atoms with van der Waals surface area (Å²) in [5.74, 6) is 0.885. The van der Waals surface area contributed by atoms with Crippen LogP contribution in [0, 0.1) is 0 Å². The summed E-state index contributed by atoms with van der Waals surface area (Å²) in [5, 5.41) is 2.78. The standard InChI is InChI=1S/C25H21ClF3N5O2/c26-16-7-8-17(18(14-16)25(27,28)29)24-30-19-4-1-3-15(23(19)33-24)13-22(35)32-20-5-2-6-21(31-20)34-9-11-36-12-10-34/h1-8,14H,9-13H2,(H,30,33)(H,31,32,35). The molecule has 1 fully saturated rings. The first-order chi connectivity index (χ1) is 17.3. The Labute approximate surface area is 209 Å². The zero-order valence-corrected chi connectivity index (χ0v) is 19.7. The van der Waals surface area contributed by atoms with Crippen molar-refractivity contribution in [2.24, 2.45) is 0 Å². The van der Waals surface area contributed by atoms with E-state index in [1.807, 2.05) is 12.1 Å². The van der Waals surface area contributed by atoms with Crippen molar-refractivity contribution in [1.29, 1.82) is 0 Å². The smallest absolute Gasteiger partial charge is 0.378 e. The predicted octanol–water partition coefficient (Wildman–Crippen LogP) is 5.31. The molecule has 1 amide bonds. The molecule has 0 spiro atoms. The van der Waals surface area contributed by atoms with Gasteiger partial charge in [0.15, 0.2) is 0 Å². The Kier molecular flexibility index (Phi) is 6.55. The number of nitrogens with zero attached hydrogens (tertiary/aromatic N) is 3. The quantitative estimate of drug-likeness (QED) is 0.376. The van der Waals surface area contributed by atoms with E-state index in [9.17, 15) is 18.0 Å². The minimum absolute atomic E-state index is 0.0224. The highest BCUT2D eigenvalue weighted by Crippen LogP contribution is 2.38. The molecule has 0 bridgehead atoms. The number of amides is 1. The number of morpholine rings is 1. The van der Waals surface area contributed by atoms with Crippen LogP contribution in [0.5, 0.6) is 0 Å². The number of benzene rings is 2. The van der Waals surface area contributed by atoms with E-state index >= 15 is 0 Å². The van der Waals surface area contributed by atoms with Crippen molar-refractivity contribution in [3.8, 4) is 11.4 Å². The number of carbonyl (C=O) groups excluding carboxylic acids is 1. The van der Waals surface area contributed by atoms with Gasteiger partial charge in [0.1, 0.15) is 17.5 Å². The molecule has 0 aliphatic carbocycles. The van der Waals surface area contributed by atoms with E-state index in [-0.39, 0.29) is 28.7 Å². The number of anilines is 2. The number of pyridine rings is 1. The number of H-pyrrole nitrogens is 1. The van der Waals surface area contributed by atoms with Gasteiger partial charge >= 0.3 is 6.18 Å². The second-order valence-corrected chi connectivity index (χ2v) is 8.73. The van der Waals surface area contributed by atoms with Gasteiger partial charge in [-0.05, 0) is 42.0 Å². The second kappa shape index (κ2) is 9.79. The van der Waals surface area contributed by atoms with Gasteiger partial charge in [-0.3, -0.25) is 4.79 Å². The zero-order chi connectivity index (χ0) is 25.3. The highest BCUT2D eigenvalue weighted by Gasteiger charge is 2.34. The maximum Gasteiger partial charge on any atom is 0.417 e. The molecular formula is C25H21ClF3N5O2. The molecule has 1 aliphatic heterocycles. The second-order valence-electron chi connectivity index (χ2n) is 8.29. The van der Waals surface area contributed by atoms with Crippen molar-refractivity contribution >= 4 is 40.2 Å². The fourth-order valence-electron chi connectivity index (χ4n) is 4.14. The molecule has 36 heavy (non-hydrogen) atoms. The van der Waals surface area contributed by atoms with Crippen LogP contribution in [0.2, 0.25) is 5.02 Å². The van der Waals surface area contributed by atoms with Gasteiger partial charge in [-0.2, -0.15) is 13.2 Å². The minimum Gasteiger partial charge on any atom is -0.378 e. The first-order valence-electron chi connectivity index (χ1n) is 11.2. The van der Waals surface area contributed by atoms with Crippen molar-refractivity contribution < 1.29 is 22.7 Å². The number of hydrogen-bond donors (Lipinski definition) is 2. The van der Waals surface area contributed by atoms with Crippen LogP contribution in [0.25, 0.3) is 22.4 Å². The van der Waals surface area contributed by atoms with Gasteiger partial charge in [0, 0.05) is 23.7 Å². The number of para-hydroxylation sites is 1. The lowest BCUT2D eigenvalue weighted by Crippen LogP contribution is -2.36. The molecule has 0 radical (unpaired) electrons. The topological polar surface area (TPSA) is 83.1 Å². The first-order valence-corrected chi connectivity index (χ1v) is 11.6. The van der Waals surface area contributed by atoms with Crippen LogP contribution < -0.4 is 10.2 Å². The molecule has 1 saturated heterocycles. The highest BCUT2D eigenvalue weighted by atomic mass is 35.5. The predicted molar refractivity (Wildman–Crippen MR) is 131 cm³/mol. The number of carbonyl (C=O) groups is 1. The summed E-state index contributed by atoms with van der Waals surface area (Å²) in [6, 6.07) is 14.1. The van der Waals surface area contributed by atoms with Gasteiger partial charge in [-0.1, -0.05) is 29.8 Å². The Morgan fingerprint density at radius 2 is 1.86 bits per heavy atom. The molecular weight excluding hydrogens is 495 g/mol. The third-order valence-corrected chi connectivity index (χ3v) is 6.06. The van der Waals surface area contributed by atoms with Gasteiger partial charge in [-0.15, -0.1) is 0 Å². The van der Waals surface area contributed by atoms with Gasteiger partial charge in [0.2, 0.25) is 5.91 Å². The molecule has 186 valence electrons. The number of ether oxygens (including phenoxy) is 1. The number of hydrogen-bond acceptors (Lipinski definition) is 5. The monoisotopic (exact) mass is 515 g/mol. The Hall–Kier alpha value is -3.63. The molecule has 2 N–H and O–H groups in total. The lowest BCUT2D eigenvalue weighted by Gasteiger charge is -2.28. The zero-order valence-electron chi connectivity index (χ0n) is 18.9. The molecule has 0 atom stereocenters. The number of halogens is 4. The number of alkyl halides is 3. The minimum atomic E-state index is -4.61. The van der Waals surface area contributed by atoms with Gasteiger partial charge in [-0.25, -0.2) is 9.97 Å². The Morgan fingerprint density at radius 3 is 2.64 bits per heavy atom. The van der Waals surface area contributed by atoms with E-state index < -0.39 is 11.7 Å². The normalized spacial score (nSPS) is 14.3. The molecule has 4 aromatic rings. The number of imidazole rings is 1. The SMILES string of the molecule is O=C(Cc1cccc2[nH]c(-c3ccc(Cl)cc3C(F)(F)F)nc12)Nc1cccc(N2CCOCC2)n1. The van der Waals surface area contributed by atoms with Crippen LogP contribution in [-0.2, 0) is 22.1 Å². The Bertz CT molecular complexity index is 1420. The molecule has 11 heteroatoms. The van der Waals surface area contributed by atoms with E-state index in [0.717, 1.165) is 25.0 Å². The molecule has 2 aromatic carbocycles. The summed E-state index contributed by atoms with van der Waals surface area (Å²) in [5.41, 5.74) is 0.494. The fraction of sp³-hybridized carbons (Fsp3) is 0.240. The summed E-state index contributed by atoms with van der Waals surface area (Å²) in [6.07, 6.45) is -4.64. The number of aromatic amines is 1. The molecule has 7 nitrogen and oxygen atoms in total. The largest absolute Gasteiger partial charge is 0.417 e. The molecule has 0 unspecified atom stereocenters. The summed E-state index contributed by atoms with van der Waals surface area (Å²) >= 11 is 5.80. The van der Waals surface area contributed by atoms with Crippen LogP contribution >= 0.6 is 11.6 Å². The lowest BCUT2D eigenvalue weighted by molar-refractivity contribution is -0.137. The number of fused-ring (bicyclic) bond motifs is 1. The molecule has 3 heterocycles. The lowest BCUT2D eigenvalue weighted by atomic mass is 10.1. The van der Waals surface area contributed by atoms with Crippen LogP contribution in [0.3, 0.4) is 0 Å². The van der Waals surface area contributed by atoms with Crippen molar-refractivity contribution in [1.82, 2.24) is 15.0 Å². The molecule has 2 aromatic heterocycles. The van der Waals surface area contributed by atoms with Gasteiger partial charge < -0.3 is 19.9 Å². The van der Waals surface area contributed by atoms with Crippen LogP contribution in [0.4, 0.5) is 24.8 Å². The van der Waals surface area contributed by atoms with Crippen LogP contribution in [0.15, 0.2) is 54.6 Å². The summed E-state index contributed by atoms with van der Waals surface area (Å²) < 4.78 is 46.2. The van der Waals surface area contributed by atoms with Crippen LogP contribution in [0.1, 0.15) is 11.1 Å². The average molecular weight is 516 g/mol. The molecule has 1 aliphatic rings. The third-order valence-electron chi connectivity index (χ3n) is 5.83. The molecule has 0 saturated carbocycles. The Morgan fingerprint density at radius 1 is 1.08 bits per heavy atom. The number of aromatic nitrogens is 3. The van der Waals surface area contributed by atoms with E-state index in [1.165, 1.54) is 12.1 Å². The van der Waals surface area contributed by atoms with Crippen molar-refractivity contribution in [3.05, 3.63) is 70.7 Å². The summed E-state index contributed by atoms with van der Waals surface area (Å²) in [7, 11) is 0. The van der Waals surface area contributed by atoms with Gasteiger partial charge in [0.25, 0.3) is 0 Å². The highest BCUT2D eigenvalue weighted by molar-refractivity contribution is 6.30. The third kappa shape index (κ3) is 5.14. The van der Waals surface area contributed by atoms with Crippen LogP contribution in [-0.4, -0.2) is 47.2 Å². The van der Waals surface area contributed by atoms with Crippen molar-refractivity contribution in [2.45, 2.75) is 12.6 Å². The number of rotatable bonds is 5. The van der Waals surface area contributed by atoms with Crippen molar-refractivity contribution in [3.63, 3.8) is 0 Å². The van der Waals surface area contributed by atoms with E-state index in [2.05, 4.69) is 25.2 Å². The van der Waals surface area contributed by atoms with E-state index in [0.29, 0.717) is 35.6 Å².